The molecule has 0 saturated carbocycles. The molecule has 0 bridgehead atoms. The Morgan fingerprint density at radius 1 is 1.03 bits per heavy atom. The van der Waals surface area contributed by atoms with E-state index in [1.807, 2.05) is 29.2 Å². The number of benzene rings is 2. The SMILES string of the molecule is Nc1ccc(CN2CCN(c3cc4c(cc3F)C(=O)N(C3CCC(=O)NC3=O)C4)CC2)cc1. The number of amides is 3. The van der Waals surface area contributed by atoms with Crippen LogP contribution in [0, 0.1) is 5.82 Å². The maximum atomic E-state index is 15.0. The predicted molar refractivity (Wildman–Crippen MR) is 121 cm³/mol. The van der Waals surface area contributed by atoms with Gasteiger partial charge in [-0.2, -0.15) is 0 Å². The third-order valence-corrected chi connectivity index (χ3v) is 6.69. The van der Waals surface area contributed by atoms with Crippen LogP contribution in [0.15, 0.2) is 36.4 Å². The van der Waals surface area contributed by atoms with Crippen molar-refractivity contribution in [1.82, 2.24) is 15.1 Å². The highest BCUT2D eigenvalue weighted by Crippen LogP contribution is 2.33. The first-order valence-electron chi connectivity index (χ1n) is 11.2. The van der Waals surface area contributed by atoms with Crippen LogP contribution in [-0.4, -0.2) is 59.7 Å². The molecule has 3 heterocycles. The average Bonchev–Trinajstić information content (AvgIpc) is 3.11. The van der Waals surface area contributed by atoms with Gasteiger partial charge in [-0.05, 0) is 41.8 Å². The Hall–Kier alpha value is -3.46. The predicted octanol–water partition coefficient (Wildman–Crippen LogP) is 1.49. The number of carbonyl (C=O) groups is 3. The Morgan fingerprint density at radius 3 is 2.45 bits per heavy atom. The Balaban J connectivity index is 1.26. The van der Waals surface area contributed by atoms with Gasteiger partial charge in [0.2, 0.25) is 11.8 Å². The Kier molecular flexibility index (Phi) is 5.49. The molecule has 1 atom stereocenters. The fourth-order valence-corrected chi connectivity index (χ4v) is 4.85. The number of nitrogens with two attached hydrogens (primary N) is 1. The van der Waals surface area contributed by atoms with Crippen molar-refractivity contribution in [2.45, 2.75) is 32.0 Å². The molecular formula is C24H26FN5O3. The minimum atomic E-state index is -0.703. The first-order valence-corrected chi connectivity index (χ1v) is 11.2. The number of piperidine rings is 1. The van der Waals surface area contributed by atoms with Crippen molar-refractivity contribution in [1.29, 1.82) is 0 Å². The maximum absolute atomic E-state index is 15.0. The summed E-state index contributed by atoms with van der Waals surface area (Å²) in [7, 11) is 0. The van der Waals surface area contributed by atoms with Crippen molar-refractivity contribution in [3.63, 3.8) is 0 Å². The van der Waals surface area contributed by atoms with E-state index in [4.69, 9.17) is 5.73 Å². The molecule has 5 rings (SSSR count). The summed E-state index contributed by atoms with van der Waals surface area (Å²) in [6.07, 6.45) is 0.479. The van der Waals surface area contributed by atoms with Crippen molar-refractivity contribution in [2.75, 3.05) is 36.8 Å². The van der Waals surface area contributed by atoms with Gasteiger partial charge < -0.3 is 15.5 Å². The largest absolute Gasteiger partial charge is 0.399 e. The van der Waals surface area contributed by atoms with Crippen LogP contribution in [0.3, 0.4) is 0 Å². The van der Waals surface area contributed by atoms with Crippen LogP contribution in [0.4, 0.5) is 15.8 Å². The van der Waals surface area contributed by atoms with Gasteiger partial charge in [0.1, 0.15) is 11.9 Å². The van der Waals surface area contributed by atoms with Gasteiger partial charge in [-0.25, -0.2) is 4.39 Å². The second-order valence-corrected chi connectivity index (χ2v) is 8.87. The molecule has 9 heteroatoms. The van der Waals surface area contributed by atoms with Gasteiger partial charge >= 0.3 is 0 Å². The minimum absolute atomic E-state index is 0.191. The molecule has 1 unspecified atom stereocenters. The highest BCUT2D eigenvalue weighted by Gasteiger charge is 2.39. The van der Waals surface area contributed by atoms with Crippen LogP contribution in [-0.2, 0) is 22.7 Å². The van der Waals surface area contributed by atoms with Gasteiger partial charge in [0, 0.05) is 56.9 Å². The number of imide groups is 1. The van der Waals surface area contributed by atoms with Gasteiger partial charge in [-0.1, -0.05) is 12.1 Å². The fraction of sp³-hybridized carbons (Fsp3) is 0.375. The molecule has 3 amide bonds. The summed E-state index contributed by atoms with van der Waals surface area (Å²) in [6, 6.07) is 10.2. The molecular weight excluding hydrogens is 425 g/mol. The summed E-state index contributed by atoms with van der Waals surface area (Å²) in [5, 5.41) is 2.29. The van der Waals surface area contributed by atoms with E-state index < -0.39 is 17.8 Å². The second-order valence-electron chi connectivity index (χ2n) is 8.87. The molecule has 3 aliphatic heterocycles. The third-order valence-electron chi connectivity index (χ3n) is 6.69. The molecule has 0 aromatic heterocycles. The summed E-state index contributed by atoms with van der Waals surface area (Å²) in [5.74, 6) is -1.59. The van der Waals surface area contributed by atoms with Crippen LogP contribution >= 0.6 is 0 Å². The normalized spacial score (nSPS) is 21.4. The molecule has 8 nitrogen and oxygen atoms in total. The lowest BCUT2D eigenvalue weighted by atomic mass is 10.0. The lowest BCUT2D eigenvalue weighted by Gasteiger charge is -2.36. The maximum Gasteiger partial charge on any atom is 0.255 e. The number of rotatable bonds is 4. The molecule has 2 aromatic rings. The molecule has 0 spiro atoms. The van der Waals surface area contributed by atoms with Crippen molar-refractivity contribution in [3.8, 4) is 0 Å². The fourth-order valence-electron chi connectivity index (χ4n) is 4.85. The van der Waals surface area contributed by atoms with Crippen LogP contribution in [0.2, 0.25) is 0 Å². The standard InChI is InChI=1S/C24H26FN5O3/c25-19-12-18-16(14-30(24(18)33)20-5-6-22(31)27-23(20)32)11-21(19)29-9-7-28(8-10-29)13-15-1-3-17(26)4-2-15/h1-4,11-12,20H,5-10,13-14,26H2,(H,27,31,32). The van der Waals surface area contributed by atoms with Crippen LogP contribution in [0.25, 0.3) is 0 Å². The smallest absolute Gasteiger partial charge is 0.255 e. The monoisotopic (exact) mass is 451 g/mol. The Labute approximate surface area is 191 Å². The number of halogens is 1. The van der Waals surface area contributed by atoms with Gasteiger partial charge in [0.25, 0.3) is 5.91 Å². The summed E-state index contributed by atoms with van der Waals surface area (Å²) in [4.78, 5) is 42.3. The first kappa shape index (κ1) is 21.4. The molecule has 0 radical (unpaired) electrons. The summed E-state index contributed by atoms with van der Waals surface area (Å²) in [6.45, 7) is 4.00. The molecule has 2 saturated heterocycles. The zero-order valence-electron chi connectivity index (χ0n) is 18.2. The van der Waals surface area contributed by atoms with Gasteiger partial charge in [-0.15, -0.1) is 0 Å². The summed E-state index contributed by atoms with van der Waals surface area (Å²) >= 11 is 0. The van der Waals surface area contributed by atoms with Crippen molar-refractivity contribution >= 4 is 29.1 Å². The van der Waals surface area contributed by atoms with E-state index in [1.165, 1.54) is 16.5 Å². The molecule has 3 aliphatic rings. The minimum Gasteiger partial charge on any atom is -0.399 e. The Bertz CT molecular complexity index is 1110. The van der Waals surface area contributed by atoms with E-state index in [-0.39, 0.29) is 31.2 Å². The van der Waals surface area contributed by atoms with Gasteiger partial charge in [0.15, 0.2) is 0 Å². The average molecular weight is 452 g/mol. The van der Waals surface area contributed by atoms with Crippen LogP contribution in [0.5, 0.6) is 0 Å². The van der Waals surface area contributed by atoms with Crippen LogP contribution in [0.1, 0.15) is 34.3 Å². The lowest BCUT2D eigenvalue weighted by Crippen LogP contribution is -2.52. The second kappa shape index (κ2) is 8.47. The lowest BCUT2D eigenvalue weighted by molar-refractivity contribution is -0.136. The number of fused-ring (bicyclic) bond motifs is 1. The van der Waals surface area contributed by atoms with E-state index in [0.29, 0.717) is 29.9 Å². The number of nitrogen functional groups attached to an aromatic ring is 1. The molecule has 2 fully saturated rings. The first-order chi connectivity index (χ1) is 15.9. The Morgan fingerprint density at radius 2 is 1.76 bits per heavy atom. The molecule has 172 valence electrons. The number of nitrogens with zero attached hydrogens (tertiary/aromatic N) is 3. The summed E-state index contributed by atoms with van der Waals surface area (Å²) in [5.41, 5.74) is 9.18. The van der Waals surface area contributed by atoms with E-state index in [2.05, 4.69) is 10.2 Å². The quantitative estimate of drug-likeness (QED) is 0.540. The molecule has 33 heavy (non-hydrogen) atoms. The molecule has 2 aromatic carbocycles. The van der Waals surface area contributed by atoms with Crippen molar-refractivity contribution in [2.24, 2.45) is 0 Å². The number of hydrogen-bond acceptors (Lipinski definition) is 6. The molecule has 3 N–H and O–H groups in total. The third kappa shape index (κ3) is 4.16. The topological polar surface area (TPSA) is 99.0 Å². The molecule has 0 aliphatic carbocycles. The highest BCUT2D eigenvalue weighted by molar-refractivity contribution is 6.05. The summed E-state index contributed by atoms with van der Waals surface area (Å²) < 4.78 is 15.0. The van der Waals surface area contributed by atoms with Crippen LogP contribution < -0.4 is 16.0 Å². The van der Waals surface area contributed by atoms with E-state index >= 15 is 4.39 Å². The van der Waals surface area contributed by atoms with Gasteiger partial charge in [0.05, 0.1) is 5.69 Å². The number of nitrogens with one attached hydrogen (secondary N) is 1. The number of hydrogen-bond donors (Lipinski definition) is 2. The van der Waals surface area contributed by atoms with Crippen molar-refractivity contribution < 1.29 is 18.8 Å². The zero-order valence-corrected chi connectivity index (χ0v) is 18.2. The van der Waals surface area contributed by atoms with E-state index in [9.17, 15) is 14.4 Å². The number of carbonyl (C=O) groups excluding carboxylic acids is 3. The van der Waals surface area contributed by atoms with Crippen molar-refractivity contribution in [3.05, 3.63) is 58.9 Å². The zero-order chi connectivity index (χ0) is 23.1. The highest BCUT2D eigenvalue weighted by atomic mass is 19.1. The van der Waals surface area contributed by atoms with E-state index in [0.717, 1.165) is 25.3 Å². The van der Waals surface area contributed by atoms with Gasteiger partial charge in [-0.3, -0.25) is 24.6 Å². The van der Waals surface area contributed by atoms with E-state index in [1.54, 1.807) is 6.07 Å². The number of piperazine rings is 1. The number of anilines is 2.